The number of ether oxygens (including phenoxy) is 1. The van der Waals surface area contributed by atoms with E-state index in [1.165, 1.54) is 0 Å². The van der Waals surface area contributed by atoms with E-state index in [1.807, 2.05) is 38.1 Å². The summed E-state index contributed by atoms with van der Waals surface area (Å²) < 4.78 is 5.46. The van der Waals surface area contributed by atoms with E-state index in [9.17, 15) is 19.2 Å². The van der Waals surface area contributed by atoms with E-state index in [1.54, 1.807) is 72.8 Å². The first kappa shape index (κ1) is 25.8. The number of hydrogen-bond donors (Lipinski definition) is 0. The molecule has 0 saturated carbocycles. The Balaban J connectivity index is 1.30. The van der Waals surface area contributed by atoms with Gasteiger partial charge in [0.1, 0.15) is 0 Å². The maximum Gasteiger partial charge on any atom is 0.339 e. The molecule has 41 heavy (non-hydrogen) atoms. The Kier molecular flexibility index (Phi) is 6.47. The van der Waals surface area contributed by atoms with Gasteiger partial charge >= 0.3 is 5.97 Å². The zero-order valence-corrected chi connectivity index (χ0v) is 22.4. The molecule has 200 valence electrons. The minimum atomic E-state index is -0.632. The molecule has 0 fully saturated rings. The molecule has 1 aliphatic rings. The fourth-order valence-electron chi connectivity index (χ4n) is 4.95. The highest BCUT2D eigenvalue weighted by atomic mass is 16.5. The highest BCUT2D eigenvalue weighted by Gasteiger charge is 2.36. The number of imide groups is 1. The van der Waals surface area contributed by atoms with E-state index in [2.05, 4.69) is 0 Å². The summed E-state index contributed by atoms with van der Waals surface area (Å²) in [6, 6.07) is 27.9. The van der Waals surface area contributed by atoms with Gasteiger partial charge in [-0.3, -0.25) is 14.4 Å². The molecule has 5 aromatic rings. The first-order chi connectivity index (χ1) is 19.8. The van der Waals surface area contributed by atoms with Crippen LogP contribution < -0.4 is 4.90 Å². The van der Waals surface area contributed by atoms with Gasteiger partial charge in [-0.05, 0) is 49.7 Å². The van der Waals surface area contributed by atoms with Crippen molar-refractivity contribution in [1.29, 1.82) is 0 Å². The highest BCUT2D eigenvalue weighted by molar-refractivity contribution is 6.34. The molecule has 4 aromatic carbocycles. The fraction of sp³-hybridized carbons (Fsp3) is 0.0882. The van der Waals surface area contributed by atoms with Crippen LogP contribution in [0, 0.1) is 13.8 Å². The lowest BCUT2D eigenvalue weighted by Gasteiger charge is -2.15. The van der Waals surface area contributed by atoms with Crippen molar-refractivity contribution in [3.8, 4) is 11.3 Å². The second-order valence-corrected chi connectivity index (χ2v) is 9.93. The Morgan fingerprint density at radius 3 is 2.10 bits per heavy atom. The Hall–Kier alpha value is -5.43. The van der Waals surface area contributed by atoms with E-state index in [0.29, 0.717) is 44.5 Å². The van der Waals surface area contributed by atoms with Gasteiger partial charge in [0.05, 0.1) is 33.6 Å². The number of aryl methyl sites for hydroxylation is 2. The number of benzene rings is 4. The number of ketones is 1. The quantitative estimate of drug-likeness (QED) is 0.141. The van der Waals surface area contributed by atoms with Crippen molar-refractivity contribution in [3.63, 3.8) is 0 Å². The summed E-state index contributed by atoms with van der Waals surface area (Å²) >= 11 is 0. The normalized spacial score (nSPS) is 12.5. The van der Waals surface area contributed by atoms with E-state index >= 15 is 0 Å². The second-order valence-electron chi connectivity index (χ2n) is 9.93. The topological polar surface area (TPSA) is 93.6 Å². The maximum absolute atomic E-state index is 13.3. The van der Waals surface area contributed by atoms with Crippen LogP contribution in [-0.2, 0) is 4.74 Å². The van der Waals surface area contributed by atoms with Crippen LogP contribution in [0.25, 0.3) is 22.2 Å². The fourth-order valence-corrected chi connectivity index (χ4v) is 4.95. The smallest absolute Gasteiger partial charge is 0.339 e. The van der Waals surface area contributed by atoms with Crippen molar-refractivity contribution in [1.82, 2.24) is 4.98 Å². The van der Waals surface area contributed by atoms with Crippen molar-refractivity contribution < 1.29 is 23.9 Å². The first-order valence-electron chi connectivity index (χ1n) is 13.1. The van der Waals surface area contributed by atoms with E-state index in [-0.39, 0.29) is 29.8 Å². The van der Waals surface area contributed by atoms with Crippen LogP contribution in [-0.4, -0.2) is 35.2 Å². The third kappa shape index (κ3) is 4.67. The summed E-state index contributed by atoms with van der Waals surface area (Å²) in [7, 11) is 0. The number of Topliss-reactive ketones (excluding diaryl/α,β-unsaturated/α-hetero) is 1. The van der Waals surface area contributed by atoms with Crippen LogP contribution in [0.1, 0.15) is 52.6 Å². The predicted octanol–water partition coefficient (Wildman–Crippen LogP) is 6.36. The third-order valence-electron chi connectivity index (χ3n) is 7.18. The number of rotatable bonds is 6. The molecule has 6 rings (SSSR count). The average Bonchev–Trinajstić information content (AvgIpc) is 3.25. The van der Waals surface area contributed by atoms with Gasteiger partial charge in [-0.15, -0.1) is 0 Å². The van der Waals surface area contributed by atoms with Crippen LogP contribution >= 0.6 is 0 Å². The van der Waals surface area contributed by atoms with Crippen LogP contribution in [0.5, 0.6) is 0 Å². The number of carbonyl (C=O) groups excluding carboxylic acids is 4. The molecule has 2 heterocycles. The first-order valence-corrected chi connectivity index (χ1v) is 13.1. The van der Waals surface area contributed by atoms with Crippen LogP contribution in [0.2, 0.25) is 0 Å². The molecule has 0 bridgehead atoms. The standard InChI is InChI=1S/C34H24N2O5/c1-20-10-12-23(13-11-20)30(37)19-41-34(40)28-18-29(35-31-21(2)6-5-9-25(28)31)22-14-16-24(17-15-22)36-32(38)26-7-3-4-8-27(26)33(36)39/h3-18H,19H2,1-2H3. The molecule has 7 heteroatoms. The molecule has 0 aliphatic carbocycles. The lowest BCUT2D eigenvalue weighted by molar-refractivity contribution is 0.0476. The molecule has 7 nitrogen and oxygen atoms in total. The number of pyridine rings is 1. The molecule has 0 saturated heterocycles. The number of aromatic nitrogens is 1. The van der Waals surface area contributed by atoms with E-state index in [4.69, 9.17) is 9.72 Å². The SMILES string of the molecule is Cc1ccc(C(=O)COC(=O)c2cc(-c3ccc(N4C(=O)c5ccccc5C4=O)cc3)nc3c(C)cccc23)cc1. The molecular formula is C34H24N2O5. The Morgan fingerprint density at radius 1 is 0.780 bits per heavy atom. The minimum absolute atomic E-state index is 0.287. The minimum Gasteiger partial charge on any atom is -0.454 e. The molecule has 0 radical (unpaired) electrons. The highest BCUT2D eigenvalue weighted by Crippen LogP contribution is 2.32. The van der Waals surface area contributed by atoms with Gasteiger partial charge in [0.2, 0.25) is 0 Å². The molecule has 0 atom stereocenters. The number of esters is 1. The number of hydrogen-bond acceptors (Lipinski definition) is 6. The van der Waals surface area contributed by atoms with Crippen molar-refractivity contribution in [2.24, 2.45) is 0 Å². The summed E-state index contributed by atoms with van der Waals surface area (Å²) in [5.41, 5.74) is 5.66. The van der Waals surface area contributed by atoms with Gasteiger partial charge in [0, 0.05) is 16.5 Å². The lowest BCUT2D eigenvalue weighted by Crippen LogP contribution is -2.29. The third-order valence-corrected chi connectivity index (χ3v) is 7.18. The molecule has 1 aromatic heterocycles. The number of fused-ring (bicyclic) bond motifs is 2. The summed E-state index contributed by atoms with van der Waals surface area (Å²) in [4.78, 5) is 57.6. The molecule has 1 aliphatic heterocycles. The molecule has 0 spiro atoms. The largest absolute Gasteiger partial charge is 0.454 e. The van der Waals surface area contributed by atoms with Crippen molar-refractivity contribution >= 4 is 40.2 Å². The van der Waals surface area contributed by atoms with Gasteiger partial charge < -0.3 is 4.74 Å². The van der Waals surface area contributed by atoms with E-state index < -0.39 is 5.97 Å². The van der Waals surface area contributed by atoms with E-state index in [0.717, 1.165) is 16.0 Å². The lowest BCUT2D eigenvalue weighted by atomic mass is 10.0. The number of anilines is 1. The predicted molar refractivity (Wildman–Crippen MR) is 155 cm³/mol. The monoisotopic (exact) mass is 540 g/mol. The second kappa shape index (κ2) is 10.3. The average molecular weight is 541 g/mol. The van der Waals surface area contributed by atoms with Crippen molar-refractivity contribution in [3.05, 3.63) is 130 Å². The van der Waals surface area contributed by atoms with Gasteiger partial charge in [-0.1, -0.05) is 72.3 Å². The Morgan fingerprint density at radius 2 is 1.44 bits per heavy atom. The van der Waals surface area contributed by atoms with Crippen LogP contribution in [0.3, 0.4) is 0 Å². The maximum atomic E-state index is 13.3. The molecule has 0 N–H and O–H groups in total. The molecule has 2 amide bonds. The summed E-state index contributed by atoms with van der Waals surface area (Å²) in [6.07, 6.45) is 0. The molecule has 0 unspecified atom stereocenters. The zero-order valence-electron chi connectivity index (χ0n) is 22.4. The molecular weight excluding hydrogens is 516 g/mol. The van der Waals surface area contributed by atoms with Crippen LogP contribution in [0.4, 0.5) is 5.69 Å². The zero-order chi connectivity index (χ0) is 28.7. The van der Waals surface area contributed by atoms with Gasteiger partial charge in [-0.25, -0.2) is 14.7 Å². The van der Waals surface area contributed by atoms with Crippen molar-refractivity contribution in [2.45, 2.75) is 13.8 Å². The van der Waals surface area contributed by atoms with Crippen LogP contribution in [0.15, 0.2) is 97.1 Å². The van der Waals surface area contributed by atoms with Crippen molar-refractivity contribution in [2.75, 3.05) is 11.5 Å². The number of carbonyl (C=O) groups is 4. The Labute approximate surface area is 236 Å². The van der Waals surface area contributed by atoms with Gasteiger partial charge in [0.15, 0.2) is 12.4 Å². The van der Waals surface area contributed by atoms with Gasteiger partial charge in [0.25, 0.3) is 11.8 Å². The summed E-state index contributed by atoms with van der Waals surface area (Å²) in [5, 5.41) is 0.615. The number of nitrogens with zero attached hydrogens (tertiary/aromatic N) is 2. The Bertz CT molecular complexity index is 1840. The van der Waals surface area contributed by atoms with Gasteiger partial charge in [-0.2, -0.15) is 0 Å². The summed E-state index contributed by atoms with van der Waals surface area (Å²) in [6.45, 7) is 3.45. The number of amides is 2. The summed E-state index contributed by atoms with van der Waals surface area (Å²) in [5.74, 6) is -1.67. The number of para-hydroxylation sites is 1.